The number of urea groups is 1. The normalized spacial score (nSPS) is 28.9. The van der Waals surface area contributed by atoms with Crippen LogP contribution < -0.4 is 16.4 Å². The van der Waals surface area contributed by atoms with Crippen molar-refractivity contribution in [2.45, 2.75) is 24.7 Å². The third-order valence-corrected chi connectivity index (χ3v) is 7.55. The van der Waals surface area contributed by atoms with Gasteiger partial charge < -0.3 is 45.1 Å². The molecule has 0 spiro atoms. The molecule has 3 aliphatic heterocycles. The van der Waals surface area contributed by atoms with E-state index in [9.17, 15) is 14.4 Å². The fraction of sp³-hybridized carbons (Fsp3) is 0.880. The second-order valence-corrected chi connectivity index (χ2v) is 10.5. The van der Waals surface area contributed by atoms with E-state index in [-0.39, 0.29) is 39.4 Å². The van der Waals surface area contributed by atoms with Crippen LogP contribution in [0.5, 0.6) is 0 Å². The molecular formula is C25H48N8O7. The predicted octanol–water partition coefficient (Wildman–Crippen LogP) is -2.83. The zero-order valence-electron chi connectivity index (χ0n) is 24.6. The molecule has 3 fully saturated rings. The van der Waals surface area contributed by atoms with Crippen molar-refractivity contribution in [3.05, 3.63) is 0 Å². The van der Waals surface area contributed by atoms with Crippen molar-refractivity contribution in [3.63, 3.8) is 0 Å². The summed E-state index contributed by atoms with van der Waals surface area (Å²) in [6.45, 7) is 7.89. The minimum atomic E-state index is -2.38. The molecule has 230 valence electrons. The average Bonchev–Trinajstić information content (AvgIpc) is 2.93. The van der Waals surface area contributed by atoms with Crippen molar-refractivity contribution < 1.29 is 33.3 Å². The van der Waals surface area contributed by atoms with Crippen LogP contribution in [0.25, 0.3) is 0 Å². The first kappa shape index (κ1) is 32.4. The first-order chi connectivity index (χ1) is 19.1. The van der Waals surface area contributed by atoms with Crippen LogP contribution >= 0.6 is 0 Å². The molecule has 40 heavy (non-hydrogen) atoms. The number of piperazine rings is 1. The number of likely N-dealkylation sites (N-methyl/N-ethyl adjacent to an activating group) is 2. The van der Waals surface area contributed by atoms with Crippen LogP contribution in [0.2, 0.25) is 0 Å². The Morgan fingerprint density at radius 2 is 1.77 bits per heavy atom. The molecule has 3 atom stereocenters. The van der Waals surface area contributed by atoms with E-state index in [2.05, 4.69) is 27.5 Å². The maximum Gasteiger partial charge on any atom is 0.318 e. The summed E-state index contributed by atoms with van der Waals surface area (Å²) in [5.41, 5.74) is 3.76. The van der Waals surface area contributed by atoms with E-state index in [4.69, 9.17) is 24.7 Å². The van der Waals surface area contributed by atoms with E-state index in [0.717, 1.165) is 31.1 Å². The first-order valence-corrected chi connectivity index (χ1v) is 14.0. The van der Waals surface area contributed by atoms with Gasteiger partial charge in [0.05, 0.1) is 26.4 Å². The van der Waals surface area contributed by atoms with Crippen LogP contribution in [0.15, 0.2) is 0 Å². The summed E-state index contributed by atoms with van der Waals surface area (Å²) in [5, 5.41) is 5.38. The Bertz CT molecular complexity index is 853. The lowest BCUT2D eigenvalue weighted by Gasteiger charge is -2.59. The third-order valence-electron chi connectivity index (χ3n) is 7.55. The van der Waals surface area contributed by atoms with Crippen molar-refractivity contribution in [2.75, 3.05) is 120 Å². The SMILES string of the molecule is CCOC1CN(C(=O)NC)C(C(N)=O)(C(=O)NCCN(C)C)C(OCCN2CCN(C)CC2)(N2CCOCC2)O1. The number of nitrogens with zero attached hydrogens (tertiary/aromatic N) is 5. The summed E-state index contributed by atoms with van der Waals surface area (Å²) in [7, 11) is 7.23. The van der Waals surface area contributed by atoms with Gasteiger partial charge in [0.2, 0.25) is 0 Å². The van der Waals surface area contributed by atoms with Gasteiger partial charge in [-0.1, -0.05) is 0 Å². The van der Waals surface area contributed by atoms with Crippen molar-refractivity contribution in [2.24, 2.45) is 5.73 Å². The number of carbonyl (C=O) groups is 3. The van der Waals surface area contributed by atoms with Gasteiger partial charge in [0.1, 0.15) is 0 Å². The highest BCUT2D eigenvalue weighted by Gasteiger charge is 2.74. The molecule has 3 unspecified atom stereocenters. The molecule has 0 radical (unpaired) electrons. The second-order valence-electron chi connectivity index (χ2n) is 10.5. The molecule has 3 saturated heterocycles. The molecule has 0 aromatic carbocycles. The van der Waals surface area contributed by atoms with Crippen LogP contribution in [0, 0.1) is 0 Å². The minimum Gasteiger partial charge on any atom is -0.379 e. The van der Waals surface area contributed by atoms with Gasteiger partial charge in [-0.15, -0.1) is 0 Å². The van der Waals surface area contributed by atoms with E-state index in [1.54, 1.807) is 11.8 Å². The number of hydrogen-bond acceptors (Lipinski definition) is 11. The molecule has 0 bridgehead atoms. The number of nitrogens with one attached hydrogen (secondary N) is 2. The summed E-state index contributed by atoms with van der Waals surface area (Å²) in [6, 6.07) is -0.685. The zero-order valence-corrected chi connectivity index (χ0v) is 24.6. The summed E-state index contributed by atoms with van der Waals surface area (Å²) >= 11 is 0. The predicted molar refractivity (Wildman–Crippen MR) is 146 cm³/mol. The molecular weight excluding hydrogens is 524 g/mol. The average molecular weight is 573 g/mol. The Labute approximate surface area is 237 Å². The van der Waals surface area contributed by atoms with Crippen molar-refractivity contribution in [3.8, 4) is 0 Å². The molecule has 4 N–H and O–H groups in total. The van der Waals surface area contributed by atoms with Gasteiger partial charge in [-0.05, 0) is 28.1 Å². The van der Waals surface area contributed by atoms with Gasteiger partial charge in [-0.3, -0.25) is 19.4 Å². The lowest BCUT2D eigenvalue weighted by molar-refractivity contribution is -0.420. The standard InChI is InChI=1S/C25H48N8O7/c1-6-38-20-19-33(23(36)27-2)24(21(26)34,22(35)28-7-8-29(3)4)25(40-20,32-14-16-37-17-15-32)39-18-13-31-11-9-30(5)10-12-31/h20H,6-19H2,1-5H3,(H2,26,34)(H,27,36)(H,28,35). The maximum absolute atomic E-state index is 14.3. The first-order valence-electron chi connectivity index (χ1n) is 14.0. The van der Waals surface area contributed by atoms with Crippen LogP contribution in [-0.4, -0.2) is 180 Å². The van der Waals surface area contributed by atoms with E-state index < -0.39 is 35.6 Å². The van der Waals surface area contributed by atoms with Gasteiger partial charge in [0, 0.05) is 72.6 Å². The highest BCUT2D eigenvalue weighted by atomic mass is 16.8. The highest BCUT2D eigenvalue weighted by molar-refractivity contribution is 6.12. The lowest BCUT2D eigenvalue weighted by atomic mass is 9.86. The zero-order chi connectivity index (χ0) is 29.3. The number of primary amides is 1. The number of morpholine rings is 2. The molecule has 3 rings (SSSR count). The molecule has 0 aromatic rings. The Morgan fingerprint density at radius 1 is 1.10 bits per heavy atom. The number of rotatable bonds is 12. The van der Waals surface area contributed by atoms with Crippen molar-refractivity contribution in [1.29, 1.82) is 0 Å². The van der Waals surface area contributed by atoms with E-state index in [1.165, 1.54) is 7.05 Å². The summed E-state index contributed by atoms with van der Waals surface area (Å²) in [5.74, 6) is -3.94. The molecule has 0 aliphatic carbocycles. The fourth-order valence-electron chi connectivity index (χ4n) is 5.36. The molecule has 3 aliphatic rings. The number of hydrogen-bond donors (Lipinski definition) is 3. The third kappa shape index (κ3) is 6.85. The molecule has 0 saturated carbocycles. The van der Waals surface area contributed by atoms with E-state index in [1.807, 2.05) is 19.0 Å². The number of nitrogens with two attached hydrogens (primary N) is 1. The lowest BCUT2D eigenvalue weighted by Crippen LogP contribution is -2.87. The maximum atomic E-state index is 14.3. The smallest absolute Gasteiger partial charge is 0.318 e. The topological polar surface area (TPSA) is 154 Å². The molecule has 15 heteroatoms. The van der Waals surface area contributed by atoms with Gasteiger partial charge in [-0.25, -0.2) is 9.69 Å². The Morgan fingerprint density at radius 3 is 2.35 bits per heavy atom. The van der Waals surface area contributed by atoms with Crippen LogP contribution in [-0.2, 0) is 28.5 Å². The molecule has 3 heterocycles. The van der Waals surface area contributed by atoms with Gasteiger partial charge >= 0.3 is 6.03 Å². The van der Waals surface area contributed by atoms with Gasteiger partial charge in [-0.2, -0.15) is 0 Å². The van der Waals surface area contributed by atoms with Crippen LogP contribution in [0.4, 0.5) is 4.79 Å². The molecule has 4 amide bonds. The molecule has 0 aromatic heterocycles. The summed E-state index contributed by atoms with van der Waals surface area (Å²) in [6.07, 6.45) is -0.990. The van der Waals surface area contributed by atoms with Crippen LogP contribution in [0.3, 0.4) is 0 Å². The minimum absolute atomic E-state index is 0.113. The Kier molecular flexibility index (Phi) is 11.9. The van der Waals surface area contributed by atoms with E-state index in [0.29, 0.717) is 26.3 Å². The van der Waals surface area contributed by atoms with E-state index >= 15 is 0 Å². The Hall–Kier alpha value is -2.11. The quantitative estimate of drug-likeness (QED) is 0.207. The second kappa shape index (κ2) is 14.7. The van der Waals surface area contributed by atoms with Crippen molar-refractivity contribution in [1.82, 2.24) is 35.1 Å². The van der Waals surface area contributed by atoms with Crippen molar-refractivity contribution >= 4 is 17.8 Å². The van der Waals surface area contributed by atoms with Gasteiger partial charge in [0.25, 0.3) is 23.3 Å². The monoisotopic (exact) mass is 572 g/mol. The number of amides is 4. The summed E-state index contributed by atoms with van der Waals surface area (Å²) in [4.78, 5) is 50.7. The number of ether oxygens (including phenoxy) is 4. The molecule has 15 nitrogen and oxygen atoms in total. The van der Waals surface area contributed by atoms with Crippen LogP contribution in [0.1, 0.15) is 6.92 Å². The fourth-order valence-corrected chi connectivity index (χ4v) is 5.36. The van der Waals surface area contributed by atoms with Gasteiger partial charge in [0.15, 0.2) is 6.29 Å². The largest absolute Gasteiger partial charge is 0.379 e. The summed E-state index contributed by atoms with van der Waals surface area (Å²) < 4.78 is 24.5. The number of carbonyl (C=O) groups excluding carboxylic acids is 3. The Balaban J connectivity index is 2.10. The highest BCUT2D eigenvalue weighted by Crippen LogP contribution is 2.43.